The zero-order valence-corrected chi connectivity index (χ0v) is 15.1. The Morgan fingerprint density at radius 3 is 2.69 bits per heavy atom. The summed E-state index contributed by atoms with van der Waals surface area (Å²) in [4.78, 5) is 22.9. The molecule has 0 aliphatic heterocycles. The number of aromatic nitrogens is 3. The minimum Gasteiger partial charge on any atom is -0.476 e. The van der Waals surface area contributed by atoms with Gasteiger partial charge in [0.1, 0.15) is 5.75 Å². The molecule has 1 aromatic carbocycles. The van der Waals surface area contributed by atoms with E-state index in [-0.39, 0.29) is 11.4 Å². The number of carbonyl (C=O) groups is 2. The Morgan fingerprint density at radius 1 is 1.27 bits per heavy atom. The number of carbonyl (C=O) groups excluding carboxylic acids is 1. The van der Waals surface area contributed by atoms with Crippen molar-refractivity contribution in [3.8, 4) is 5.69 Å². The molecule has 0 saturated heterocycles. The number of carboxylic acid groups (broad SMARTS) is 1. The Kier molecular flexibility index (Phi) is 6.45. The third-order valence-corrected chi connectivity index (χ3v) is 5.13. The average molecular weight is 380 g/mol. The molecule has 0 radical (unpaired) electrons. The number of hydrogen-bond acceptors (Lipinski definition) is 6. The lowest BCUT2D eigenvalue weighted by molar-refractivity contribution is -0.113. The Labute approximate surface area is 150 Å². The summed E-state index contributed by atoms with van der Waals surface area (Å²) in [5.74, 6) is -2.41. The number of nitrogens with one attached hydrogen (secondary N) is 1. The fourth-order valence-corrected chi connectivity index (χ4v) is 3.52. The van der Waals surface area contributed by atoms with Crippen molar-refractivity contribution in [2.24, 2.45) is 0 Å². The van der Waals surface area contributed by atoms with Gasteiger partial charge in [0.05, 0.1) is 17.6 Å². The molecule has 1 heterocycles. The molecule has 0 atom stereocenters. The van der Waals surface area contributed by atoms with Crippen LogP contribution in [0.4, 0.5) is 5.69 Å². The van der Waals surface area contributed by atoms with E-state index in [9.17, 15) is 18.0 Å². The molecule has 0 spiro atoms. The number of amides is 1. The van der Waals surface area contributed by atoms with E-state index in [4.69, 9.17) is 5.11 Å². The Bertz CT molecular complexity index is 892. The van der Waals surface area contributed by atoms with E-state index in [0.717, 1.165) is 12.8 Å². The van der Waals surface area contributed by atoms with Crippen molar-refractivity contribution in [3.05, 3.63) is 36.2 Å². The van der Waals surface area contributed by atoms with Crippen LogP contribution >= 0.6 is 0 Å². The first-order valence-electron chi connectivity index (χ1n) is 8.07. The van der Waals surface area contributed by atoms with Crippen LogP contribution in [-0.4, -0.2) is 51.9 Å². The molecule has 1 amide bonds. The van der Waals surface area contributed by atoms with Gasteiger partial charge in [0.25, 0.3) is 0 Å². The third kappa shape index (κ3) is 5.66. The van der Waals surface area contributed by atoms with E-state index < -0.39 is 27.5 Å². The Hall–Kier alpha value is -2.75. The van der Waals surface area contributed by atoms with E-state index >= 15 is 0 Å². The number of carboxylic acids is 1. The Morgan fingerprint density at radius 2 is 2.04 bits per heavy atom. The topological polar surface area (TPSA) is 131 Å². The monoisotopic (exact) mass is 380 g/mol. The molecule has 140 valence electrons. The van der Waals surface area contributed by atoms with Crippen molar-refractivity contribution in [2.45, 2.75) is 26.2 Å². The quantitative estimate of drug-likeness (QED) is 0.630. The van der Waals surface area contributed by atoms with Gasteiger partial charge in [-0.05, 0) is 24.6 Å². The number of unbranched alkanes of at least 4 members (excludes halogenated alkanes) is 2. The average Bonchev–Trinajstić information content (AvgIpc) is 3.05. The molecular formula is C16H20N4O5S. The lowest BCUT2D eigenvalue weighted by Gasteiger charge is -2.08. The molecule has 2 rings (SSSR count). The van der Waals surface area contributed by atoms with Gasteiger partial charge >= 0.3 is 5.97 Å². The summed E-state index contributed by atoms with van der Waals surface area (Å²) in [7, 11) is -3.45. The minimum atomic E-state index is -3.45. The van der Waals surface area contributed by atoms with E-state index in [0.29, 0.717) is 17.8 Å². The highest BCUT2D eigenvalue weighted by Gasteiger charge is 2.17. The molecule has 2 aromatic rings. The van der Waals surface area contributed by atoms with Crippen molar-refractivity contribution in [1.82, 2.24) is 15.0 Å². The molecule has 0 aliphatic rings. The molecule has 0 fully saturated rings. The van der Waals surface area contributed by atoms with Crippen molar-refractivity contribution >= 4 is 27.4 Å². The second-order valence-electron chi connectivity index (χ2n) is 5.75. The van der Waals surface area contributed by atoms with Crippen molar-refractivity contribution in [3.63, 3.8) is 0 Å². The SMILES string of the molecule is CCCCCS(=O)(=O)CC(=O)Nc1cccc(-n2cc(C(=O)O)nn2)c1. The summed E-state index contributed by atoms with van der Waals surface area (Å²) < 4.78 is 25.1. The van der Waals surface area contributed by atoms with Crippen LogP contribution in [0.15, 0.2) is 30.5 Å². The van der Waals surface area contributed by atoms with Gasteiger partial charge in [-0.2, -0.15) is 0 Å². The van der Waals surface area contributed by atoms with Crippen molar-refractivity contribution in [1.29, 1.82) is 0 Å². The van der Waals surface area contributed by atoms with Crippen LogP contribution in [0.1, 0.15) is 36.7 Å². The minimum absolute atomic E-state index is 0.00871. The highest BCUT2D eigenvalue weighted by molar-refractivity contribution is 7.92. The van der Waals surface area contributed by atoms with Gasteiger partial charge in [0, 0.05) is 5.69 Å². The number of sulfone groups is 1. The first-order valence-corrected chi connectivity index (χ1v) is 9.89. The summed E-state index contributed by atoms with van der Waals surface area (Å²) in [6, 6.07) is 6.42. The van der Waals surface area contributed by atoms with Crippen LogP contribution in [-0.2, 0) is 14.6 Å². The maximum absolute atomic E-state index is 12.0. The maximum Gasteiger partial charge on any atom is 0.358 e. The van der Waals surface area contributed by atoms with Gasteiger partial charge < -0.3 is 10.4 Å². The standard InChI is InChI=1S/C16H20N4O5S/c1-2-3-4-8-26(24,25)11-15(21)17-12-6-5-7-13(9-12)20-10-14(16(22)23)18-19-20/h5-7,9-10H,2-4,8,11H2,1H3,(H,17,21)(H,22,23). The van der Waals surface area contributed by atoms with Crippen LogP contribution in [0, 0.1) is 0 Å². The highest BCUT2D eigenvalue weighted by atomic mass is 32.2. The number of hydrogen-bond donors (Lipinski definition) is 2. The first kappa shape index (κ1) is 19.6. The lowest BCUT2D eigenvalue weighted by Crippen LogP contribution is -2.24. The molecule has 2 N–H and O–H groups in total. The molecule has 10 heteroatoms. The fraction of sp³-hybridized carbons (Fsp3) is 0.375. The number of aromatic carboxylic acids is 1. The van der Waals surface area contributed by atoms with E-state index in [1.807, 2.05) is 6.92 Å². The van der Waals surface area contributed by atoms with Crippen molar-refractivity contribution in [2.75, 3.05) is 16.8 Å². The molecule has 0 bridgehead atoms. The van der Waals surface area contributed by atoms with Crippen LogP contribution in [0.25, 0.3) is 5.69 Å². The molecule has 0 saturated carbocycles. The molecule has 9 nitrogen and oxygen atoms in total. The summed E-state index contributed by atoms with van der Waals surface area (Å²) >= 11 is 0. The summed E-state index contributed by atoms with van der Waals surface area (Å²) in [5, 5.41) is 18.6. The first-order chi connectivity index (χ1) is 12.3. The number of benzene rings is 1. The maximum atomic E-state index is 12.0. The van der Waals surface area contributed by atoms with Gasteiger partial charge in [-0.15, -0.1) is 5.10 Å². The fourth-order valence-electron chi connectivity index (χ4n) is 2.26. The molecule has 0 unspecified atom stereocenters. The van der Waals surface area contributed by atoms with Crippen LogP contribution in [0.5, 0.6) is 0 Å². The van der Waals surface area contributed by atoms with Gasteiger partial charge in [-0.25, -0.2) is 17.9 Å². The third-order valence-electron chi connectivity index (χ3n) is 3.52. The normalized spacial score (nSPS) is 11.3. The van der Waals surface area contributed by atoms with Crippen LogP contribution in [0.3, 0.4) is 0 Å². The summed E-state index contributed by atoms with van der Waals surface area (Å²) in [6.07, 6.45) is 3.49. The van der Waals surface area contributed by atoms with E-state index in [1.54, 1.807) is 24.3 Å². The van der Waals surface area contributed by atoms with Crippen LogP contribution in [0.2, 0.25) is 0 Å². The van der Waals surface area contributed by atoms with E-state index in [2.05, 4.69) is 15.6 Å². The van der Waals surface area contributed by atoms with Gasteiger partial charge in [0.15, 0.2) is 15.5 Å². The largest absolute Gasteiger partial charge is 0.476 e. The van der Waals surface area contributed by atoms with Gasteiger partial charge in [-0.3, -0.25) is 4.79 Å². The second-order valence-corrected chi connectivity index (χ2v) is 7.94. The van der Waals surface area contributed by atoms with Crippen molar-refractivity contribution < 1.29 is 23.1 Å². The second kappa shape index (κ2) is 8.56. The highest BCUT2D eigenvalue weighted by Crippen LogP contribution is 2.14. The molecule has 26 heavy (non-hydrogen) atoms. The van der Waals surface area contributed by atoms with Gasteiger partial charge in [0.2, 0.25) is 5.91 Å². The van der Waals surface area contributed by atoms with Crippen LogP contribution < -0.4 is 5.32 Å². The summed E-state index contributed by atoms with van der Waals surface area (Å²) in [5.41, 5.74) is 0.648. The molecular weight excluding hydrogens is 360 g/mol. The predicted octanol–water partition coefficient (Wildman–Crippen LogP) is 1.51. The predicted molar refractivity (Wildman–Crippen MR) is 95.1 cm³/mol. The Balaban J connectivity index is 2.03. The zero-order valence-electron chi connectivity index (χ0n) is 14.3. The number of anilines is 1. The van der Waals surface area contributed by atoms with E-state index in [1.165, 1.54) is 10.9 Å². The van der Waals surface area contributed by atoms with Gasteiger partial charge in [-0.1, -0.05) is 31.0 Å². The zero-order chi connectivity index (χ0) is 19.2. The number of nitrogens with zero attached hydrogens (tertiary/aromatic N) is 3. The smallest absolute Gasteiger partial charge is 0.358 e. The summed E-state index contributed by atoms with van der Waals surface area (Å²) in [6.45, 7) is 1.97. The number of rotatable bonds is 9. The molecule has 1 aromatic heterocycles. The lowest BCUT2D eigenvalue weighted by atomic mass is 10.2. The molecule has 0 aliphatic carbocycles.